The first-order valence-corrected chi connectivity index (χ1v) is 6.53. The van der Waals surface area contributed by atoms with Gasteiger partial charge in [-0.05, 0) is 44.0 Å². The molecule has 0 bridgehead atoms. The van der Waals surface area contributed by atoms with Crippen LogP contribution in [0.3, 0.4) is 0 Å². The Morgan fingerprint density at radius 3 is 2.89 bits per heavy atom. The molecule has 0 aliphatic carbocycles. The van der Waals surface area contributed by atoms with Crippen LogP contribution in [0.4, 0.5) is 4.39 Å². The molecule has 1 aliphatic rings. The van der Waals surface area contributed by atoms with Gasteiger partial charge in [-0.2, -0.15) is 0 Å². The van der Waals surface area contributed by atoms with Gasteiger partial charge in [0.1, 0.15) is 5.82 Å². The van der Waals surface area contributed by atoms with Gasteiger partial charge in [0.15, 0.2) is 0 Å². The molecule has 0 spiro atoms. The zero-order valence-corrected chi connectivity index (χ0v) is 11.1. The van der Waals surface area contributed by atoms with Crippen molar-refractivity contribution in [2.45, 2.75) is 25.9 Å². The van der Waals surface area contributed by atoms with Crippen LogP contribution in [-0.2, 0) is 6.54 Å². The third-order valence-corrected chi connectivity index (χ3v) is 3.78. The van der Waals surface area contributed by atoms with Gasteiger partial charge in [-0.3, -0.25) is 9.69 Å². The summed E-state index contributed by atoms with van der Waals surface area (Å²) in [6.45, 7) is 4.28. The molecular formula is C14H20FN3O. The molecule has 1 saturated heterocycles. The Balaban J connectivity index is 2.07. The Morgan fingerprint density at radius 1 is 1.58 bits per heavy atom. The number of primary amides is 1. The lowest BCUT2D eigenvalue weighted by Gasteiger charge is -2.18. The quantitative estimate of drug-likeness (QED) is 0.856. The SMILES string of the molecule is CC(N)C1CCN(Cc2cc(C(N)=O)ccc2F)C1. The summed E-state index contributed by atoms with van der Waals surface area (Å²) in [6, 6.07) is 4.41. The molecule has 2 rings (SSSR count). The maximum absolute atomic E-state index is 13.7. The van der Waals surface area contributed by atoms with Crippen LogP contribution in [-0.4, -0.2) is 29.9 Å². The minimum atomic E-state index is -0.531. The first kappa shape index (κ1) is 14.0. The minimum Gasteiger partial charge on any atom is -0.366 e. The van der Waals surface area contributed by atoms with Crippen LogP contribution in [0, 0.1) is 11.7 Å². The molecule has 1 heterocycles. The monoisotopic (exact) mass is 265 g/mol. The lowest BCUT2D eigenvalue weighted by Crippen LogP contribution is -2.29. The molecule has 1 fully saturated rings. The molecule has 1 aliphatic heterocycles. The molecule has 4 N–H and O–H groups in total. The molecule has 0 aromatic heterocycles. The van der Waals surface area contributed by atoms with Crippen molar-refractivity contribution in [3.63, 3.8) is 0 Å². The Hall–Kier alpha value is -1.46. The molecule has 104 valence electrons. The van der Waals surface area contributed by atoms with E-state index in [2.05, 4.69) is 4.90 Å². The molecule has 1 aromatic rings. The average Bonchev–Trinajstić information content (AvgIpc) is 2.80. The predicted molar refractivity (Wildman–Crippen MR) is 72.0 cm³/mol. The van der Waals surface area contributed by atoms with Crippen LogP contribution in [0.15, 0.2) is 18.2 Å². The fourth-order valence-electron chi connectivity index (χ4n) is 2.53. The molecular weight excluding hydrogens is 245 g/mol. The Kier molecular flexibility index (Phi) is 4.17. The zero-order valence-electron chi connectivity index (χ0n) is 11.1. The van der Waals surface area contributed by atoms with Gasteiger partial charge >= 0.3 is 0 Å². The van der Waals surface area contributed by atoms with Crippen LogP contribution in [0.2, 0.25) is 0 Å². The zero-order chi connectivity index (χ0) is 14.0. The number of nitrogens with zero attached hydrogens (tertiary/aromatic N) is 1. The molecule has 2 unspecified atom stereocenters. The fourth-order valence-corrected chi connectivity index (χ4v) is 2.53. The first-order valence-electron chi connectivity index (χ1n) is 6.53. The maximum atomic E-state index is 13.7. The van der Waals surface area contributed by atoms with E-state index in [4.69, 9.17) is 11.5 Å². The molecule has 19 heavy (non-hydrogen) atoms. The number of amides is 1. The van der Waals surface area contributed by atoms with Gasteiger partial charge in [0.25, 0.3) is 0 Å². The summed E-state index contributed by atoms with van der Waals surface area (Å²) in [5.74, 6) is -0.368. The van der Waals surface area contributed by atoms with Crippen molar-refractivity contribution in [1.29, 1.82) is 0 Å². The molecule has 1 aromatic carbocycles. The normalized spacial score (nSPS) is 21.5. The van der Waals surface area contributed by atoms with E-state index in [-0.39, 0.29) is 11.9 Å². The summed E-state index contributed by atoms with van der Waals surface area (Å²) >= 11 is 0. The topological polar surface area (TPSA) is 72.3 Å². The van der Waals surface area contributed by atoms with E-state index in [0.717, 1.165) is 19.5 Å². The second-order valence-electron chi connectivity index (χ2n) is 5.31. The van der Waals surface area contributed by atoms with E-state index in [1.54, 1.807) is 0 Å². The largest absolute Gasteiger partial charge is 0.366 e. The van der Waals surface area contributed by atoms with Crippen molar-refractivity contribution >= 4 is 5.91 Å². The Morgan fingerprint density at radius 2 is 2.32 bits per heavy atom. The highest BCUT2D eigenvalue weighted by Crippen LogP contribution is 2.22. The van der Waals surface area contributed by atoms with Crippen molar-refractivity contribution < 1.29 is 9.18 Å². The van der Waals surface area contributed by atoms with E-state index in [0.29, 0.717) is 23.6 Å². The smallest absolute Gasteiger partial charge is 0.248 e. The van der Waals surface area contributed by atoms with E-state index >= 15 is 0 Å². The van der Waals surface area contributed by atoms with Crippen molar-refractivity contribution in [3.05, 3.63) is 35.1 Å². The summed E-state index contributed by atoms with van der Waals surface area (Å²) in [5.41, 5.74) is 12.0. The summed E-state index contributed by atoms with van der Waals surface area (Å²) in [7, 11) is 0. The minimum absolute atomic E-state index is 0.159. The highest BCUT2D eigenvalue weighted by Gasteiger charge is 2.25. The molecule has 5 heteroatoms. The fraction of sp³-hybridized carbons (Fsp3) is 0.500. The lowest BCUT2D eigenvalue weighted by molar-refractivity contribution is 0.1000. The highest BCUT2D eigenvalue weighted by atomic mass is 19.1. The van der Waals surface area contributed by atoms with Gasteiger partial charge < -0.3 is 11.5 Å². The van der Waals surface area contributed by atoms with Crippen LogP contribution in [0.25, 0.3) is 0 Å². The molecule has 0 radical (unpaired) electrons. The third kappa shape index (κ3) is 3.30. The number of rotatable bonds is 4. The molecule has 1 amide bonds. The van der Waals surface area contributed by atoms with Crippen LogP contribution >= 0.6 is 0 Å². The van der Waals surface area contributed by atoms with Gasteiger partial charge in [-0.15, -0.1) is 0 Å². The second-order valence-corrected chi connectivity index (χ2v) is 5.31. The van der Waals surface area contributed by atoms with E-state index < -0.39 is 5.91 Å². The highest BCUT2D eigenvalue weighted by molar-refractivity contribution is 5.92. The van der Waals surface area contributed by atoms with E-state index in [1.165, 1.54) is 18.2 Å². The van der Waals surface area contributed by atoms with Gasteiger partial charge in [0.05, 0.1) is 0 Å². The number of benzene rings is 1. The number of carbonyl (C=O) groups is 1. The van der Waals surface area contributed by atoms with Crippen molar-refractivity contribution in [2.75, 3.05) is 13.1 Å². The summed E-state index contributed by atoms with van der Waals surface area (Å²) in [4.78, 5) is 13.3. The van der Waals surface area contributed by atoms with Crippen LogP contribution in [0.5, 0.6) is 0 Å². The van der Waals surface area contributed by atoms with Gasteiger partial charge in [0.2, 0.25) is 5.91 Å². The standard InChI is InChI=1S/C14H20FN3O/c1-9(16)11-4-5-18(7-11)8-12-6-10(14(17)19)2-3-13(12)15/h2-3,6,9,11H,4-5,7-8,16H2,1H3,(H2,17,19). The lowest BCUT2D eigenvalue weighted by atomic mass is 10.0. The molecule has 0 saturated carbocycles. The number of hydrogen-bond donors (Lipinski definition) is 2. The van der Waals surface area contributed by atoms with E-state index in [1.807, 2.05) is 6.92 Å². The predicted octanol–water partition coefficient (Wildman–Crippen LogP) is 1.09. The summed E-state index contributed by atoms with van der Waals surface area (Å²) in [5, 5.41) is 0. The number of halogens is 1. The van der Waals surface area contributed by atoms with Gasteiger partial charge in [0, 0.05) is 30.3 Å². The van der Waals surface area contributed by atoms with Gasteiger partial charge in [-0.25, -0.2) is 4.39 Å². The van der Waals surface area contributed by atoms with Crippen molar-refractivity contribution in [3.8, 4) is 0 Å². The first-order chi connectivity index (χ1) is 8.97. The van der Waals surface area contributed by atoms with Crippen molar-refractivity contribution in [2.24, 2.45) is 17.4 Å². The Labute approximate surface area is 112 Å². The number of nitrogens with two attached hydrogens (primary N) is 2. The van der Waals surface area contributed by atoms with Gasteiger partial charge in [-0.1, -0.05) is 0 Å². The van der Waals surface area contributed by atoms with Crippen LogP contribution < -0.4 is 11.5 Å². The summed E-state index contributed by atoms with van der Waals surface area (Å²) < 4.78 is 13.7. The molecule has 2 atom stereocenters. The average molecular weight is 265 g/mol. The second kappa shape index (κ2) is 5.67. The number of hydrogen-bond acceptors (Lipinski definition) is 3. The Bertz CT molecular complexity index is 476. The maximum Gasteiger partial charge on any atom is 0.248 e. The van der Waals surface area contributed by atoms with Crippen molar-refractivity contribution in [1.82, 2.24) is 4.90 Å². The number of carbonyl (C=O) groups excluding carboxylic acids is 1. The van der Waals surface area contributed by atoms with E-state index in [9.17, 15) is 9.18 Å². The summed E-state index contributed by atoms with van der Waals surface area (Å²) in [6.07, 6.45) is 1.04. The van der Waals surface area contributed by atoms with Crippen LogP contribution in [0.1, 0.15) is 29.3 Å². The third-order valence-electron chi connectivity index (χ3n) is 3.78. The number of likely N-dealkylation sites (tertiary alicyclic amines) is 1. The molecule has 4 nitrogen and oxygen atoms in total.